The standard InChI is InChI=1S/C19H15/c1-15-7-5-6-10-19(15)18-13-11-17(12-14-18)16-8-3-2-4-9-16/h3-14H,1H3. The molecule has 0 spiro atoms. The van der Waals surface area contributed by atoms with Crippen LogP contribution < -0.4 is 0 Å². The van der Waals surface area contributed by atoms with E-state index in [1.807, 2.05) is 12.1 Å². The molecule has 0 fully saturated rings. The van der Waals surface area contributed by atoms with Crippen molar-refractivity contribution in [1.82, 2.24) is 0 Å². The molecule has 0 saturated carbocycles. The van der Waals surface area contributed by atoms with Gasteiger partial charge in [-0.3, -0.25) is 0 Å². The first-order valence-electron chi connectivity index (χ1n) is 6.47. The maximum atomic E-state index is 3.05. The van der Waals surface area contributed by atoms with Gasteiger partial charge in [-0.2, -0.15) is 0 Å². The first kappa shape index (κ1) is 11.7. The van der Waals surface area contributed by atoms with Crippen LogP contribution in [0.1, 0.15) is 5.56 Å². The molecule has 0 heterocycles. The second kappa shape index (κ2) is 5.11. The molecule has 0 heteroatoms. The predicted octanol–water partition coefficient (Wildman–Crippen LogP) is 5.13. The number of aryl methyl sites for hydroxylation is 1. The van der Waals surface area contributed by atoms with Crippen molar-refractivity contribution < 1.29 is 0 Å². The van der Waals surface area contributed by atoms with Crippen molar-refractivity contribution in [2.75, 3.05) is 0 Å². The number of hydrogen-bond donors (Lipinski definition) is 0. The molecule has 0 N–H and O–H groups in total. The number of benzene rings is 3. The Kier molecular flexibility index (Phi) is 3.16. The van der Waals surface area contributed by atoms with Gasteiger partial charge in [0.1, 0.15) is 0 Å². The summed E-state index contributed by atoms with van der Waals surface area (Å²) < 4.78 is 0. The Morgan fingerprint density at radius 2 is 1.21 bits per heavy atom. The molecular weight excluding hydrogens is 228 g/mol. The quantitative estimate of drug-likeness (QED) is 0.585. The zero-order chi connectivity index (χ0) is 13.1. The van der Waals surface area contributed by atoms with Gasteiger partial charge in [-0.15, -0.1) is 0 Å². The highest BCUT2D eigenvalue weighted by molar-refractivity contribution is 5.72. The number of rotatable bonds is 2. The monoisotopic (exact) mass is 243 g/mol. The van der Waals surface area contributed by atoms with E-state index in [9.17, 15) is 0 Å². The summed E-state index contributed by atoms with van der Waals surface area (Å²) in [6, 6.07) is 28.3. The highest BCUT2D eigenvalue weighted by Crippen LogP contribution is 2.26. The van der Waals surface area contributed by atoms with E-state index in [1.54, 1.807) is 0 Å². The highest BCUT2D eigenvalue weighted by atomic mass is 14.1. The lowest BCUT2D eigenvalue weighted by molar-refractivity contribution is 1.46. The third kappa shape index (κ3) is 2.43. The SMILES string of the molecule is Cc1ccccc1-c1ccc(-c2cc[c]cc2)cc1. The summed E-state index contributed by atoms with van der Waals surface area (Å²) in [5, 5.41) is 0. The third-order valence-electron chi connectivity index (χ3n) is 3.39. The van der Waals surface area contributed by atoms with Crippen LogP contribution in [-0.2, 0) is 0 Å². The zero-order valence-corrected chi connectivity index (χ0v) is 10.9. The number of hydrogen-bond acceptors (Lipinski definition) is 0. The zero-order valence-electron chi connectivity index (χ0n) is 10.9. The summed E-state index contributed by atoms with van der Waals surface area (Å²) in [6.45, 7) is 2.15. The Bertz CT molecular complexity index is 664. The molecule has 0 aliphatic heterocycles. The average Bonchev–Trinajstić information content (AvgIpc) is 2.49. The molecule has 0 saturated heterocycles. The van der Waals surface area contributed by atoms with E-state index < -0.39 is 0 Å². The predicted molar refractivity (Wildman–Crippen MR) is 80.9 cm³/mol. The van der Waals surface area contributed by atoms with Crippen LogP contribution in [0.25, 0.3) is 22.3 Å². The van der Waals surface area contributed by atoms with Crippen molar-refractivity contribution in [2.24, 2.45) is 0 Å². The molecular formula is C19H15. The van der Waals surface area contributed by atoms with Gasteiger partial charge < -0.3 is 0 Å². The van der Waals surface area contributed by atoms with E-state index in [1.165, 1.54) is 27.8 Å². The second-order valence-corrected chi connectivity index (χ2v) is 4.68. The average molecular weight is 243 g/mol. The summed E-state index contributed by atoms with van der Waals surface area (Å²) >= 11 is 0. The first-order chi connectivity index (χ1) is 9.34. The maximum Gasteiger partial charge on any atom is -0.0155 e. The Labute approximate surface area is 114 Å². The summed E-state index contributed by atoms with van der Waals surface area (Å²) in [5.74, 6) is 0. The van der Waals surface area contributed by atoms with Crippen LogP contribution in [0.15, 0.2) is 72.8 Å². The molecule has 0 atom stereocenters. The molecule has 0 aliphatic carbocycles. The molecule has 0 amide bonds. The first-order valence-corrected chi connectivity index (χ1v) is 6.47. The Morgan fingerprint density at radius 1 is 0.632 bits per heavy atom. The van der Waals surface area contributed by atoms with E-state index in [0.717, 1.165) is 0 Å². The lowest BCUT2D eigenvalue weighted by Gasteiger charge is -2.07. The van der Waals surface area contributed by atoms with Crippen LogP contribution in [0.4, 0.5) is 0 Å². The Hall–Kier alpha value is -2.34. The molecule has 1 radical (unpaired) electrons. The Morgan fingerprint density at radius 3 is 1.89 bits per heavy atom. The molecule has 0 aliphatic rings. The van der Waals surface area contributed by atoms with E-state index in [-0.39, 0.29) is 0 Å². The fourth-order valence-corrected chi connectivity index (χ4v) is 2.32. The van der Waals surface area contributed by atoms with Gasteiger partial charge >= 0.3 is 0 Å². The molecule has 3 rings (SSSR count). The van der Waals surface area contributed by atoms with Crippen LogP contribution >= 0.6 is 0 Å². The van der Waals surface area contributed by atoms with Gasteiger partial charge in [-0.25, -0.2) is 0 Å². The molecule has 3 aromatic rings. The van der Waals surface area contributed by atoms with Crippen LogP contribution in [0.5, 0.6) is 0 Å². The van der Waals surface area contributed by atoms with Crippen LogP contribution in [0, 0.1) is 13.0 Å². The van der Waals surface area contributed by atoms with Crippen molar-refractivity contribution in [3.63, 3.8) is 0 Å². The molecule has 19 heavy (non-hydrogen) atoms. The van der Waals surface area contributed by atoms with Crippen molar-refractivity contribution >= 4 is 0 Å². The maximum absolute atomic E-state index is 3.05. The van der Waals surface area contributed by atoms with Crippen molar-refractivity contribution in [3.8, 4) is 22.3 Å². The van der Waals surface area contributed by atoms with E-state index in [2.05, 4.69) is 73.7 Å². The summed E-state index contributed by atoms with van der Waals surface area (Å²) in [7, 11) is 0. The fraction of sp³-hybridized carbons (Fsp3) is 0.0526. The molecule has 3 aromatic carbocycles. The molecule has 0 bridgehead atoms. The van der Waals surface area contributed by atoms with Crippen LogP contribution in [0.2, 0.25) is 0 Å². The molecule has 0 unspecified atom stereocenters. The van der Waals surface area contributed by atoms with Gasteiger partial charge in [-0.05, 0) is 40.8 Å². The normalized spacial score (nSPS) is 10.4. The molecule has 91 valence electrons. The van der Waals surface area contributed by atoms with Crippen molar-refractivity contribution in [1.29, 1.82) is 0 Å². The Balaban J connectivity index is 1.98. The van der Waals surface area contributed by atoms with Crippen molar-refractivity contribution in [2.45, 2.75) is 6.92 Å². The smallest absolute Gasteiger partial charge is 0.0155 e. The lowest BCUT2D eigenvalue weighted by Crippen LogP contribution is -1.83. The van der Waals surface area contributed by atoms with Gasteiger partial charge in [0.25, 0.3) is 0 Å². The van der Waals surface area contributed by atoms with Gasteiger partial charge in [-0.1, -0.05) is 72.8 Å². The minimum atomic E-state index is 1.23. The minimum absolute atomic E-state index is 1.23. The molecule has 0 aromatic heterocycles. The van der Waals surface area contributed by atoms with Gasteiger partial charge in [0, 0.05) is 0 Å². The van der Waals surface area contributed by atoms with Crippen molar-refractivity contribution in [3.05, 3.63) is 84.4 Å². The largest absolute Gasteiger partial charge is 0.0620 e. The highest BCUT2D eigenvalue weighted by Gasteiger charge is 2.01. The van der Waals surface area contributed by atoms with Crippen LogP contribution in [0.3, 0.4) is 0 Å². The van der Waals surface area contributed by atoms with Gasteiger partial charge in [0.15, 0.2) is 0 Å². The van der Waals surface area contributed by atoms with Gasteiger partial charge in [0.05, 0.1) is 0 Å². The van der Waals surface area contributed by atoms with E-state index in [4.69, 9.17) is 0 Å². The summed E-state index contributed by atoms with van der Waals surface area (Å²) in [6.07, 6.45) is 0. The molecule has 0 nitrogen and oxygen atoms in total. The van der Waals surface area contributed by atoms with Gasteiger partial charge in [0.2, 0.25) is 0 Å². The summed E-state index contributed by atoms with van der Waals surface area (Å²) in [5.41, 5.74) is 6.35. The fourth-order valence-electron chi connectivity index (χ4n) is 2.32. The minimum Gasteiger partial charge on any atom is -0.0620 e. The lowest BCUT2D eigenvalue weighted by atomic mass is 9.98. The van der Waals surface area contributed by atoms with E-state index in [0.29, 0.717) is 0 Å². The third-order valence-corrected chi connectivity index (χ3v) is 3.39. The summed E-state index contributed by atoms with van der Waals surface area (Å²) in [4.78, 5) is 0. The second-order valence-electron chi connectivity index (χ2n) is 4.68. The van der Waals surface area contributed by atoms with E-state index >= 15 is 0 Å². The van der Waals surface area contributed by atoms with Crippen LogP contribution in [-0.4, -0.2) is 0 Å². The topological polar surface area (TPSA) is 0 Å².